The van der Waals surface area contributed by atoms with Gasteiger partial charge in [-0.25, -0.2) is 9.97 Å². The van der Waals surface area contributed by atoms with E-state index < -0.39 is 5.41 Å². The first-order chi connectivity index (χ1) is 21.3. The highest BCUT2D eigenvalue weighted by molar-refractivity contribution is 5.99. The molecule has 0 saturated carbocycles. The minimum atomic E-state index is -0.571. The molecule has 2 aliphatic rings. The number of aromatic nitrogens is 2. The lowest BCUT2D eigenvalue weighted by Crippen LogP contribution is -2.27. The highest BCUT2D eigenvalue weighted by Gasteiger charge is 2.54. The molecule has 6 aromatic carbocycles. The zero-order valence-corrected chi connectivity index (χ0v) is 23.4. The van der Waals surface area contributed by atoms with Crippen LogP contribution in [0.5, 0.6) is 0 Å². The summed E-state index contributed by atoms with van der Waals surface area (Å²) < 4.78 is 0. The summed E-state index contributed by atoms with van der Waals surface area (Å²) in [6.45, 7) is 0. The Balaban J connectivity index is 1.45. The van der Waals surface area contributed by atoms with E-state index in [1.165, 1.54) is 44.5 Å². The summed E-state index contributed by atoms with van der Waals surface area (Å²) in [6, 6.07) is 56.4. The molecule has 2 nitrogen and oxygen atoms in total. The lowest BCUT2D eigenvalue weighted by atomic mass is 9.72. The Labute approximate surface area is 251 Å². The molecule has 1 heterocycles. The molecule has 0 fully saturated rings. The topological polar surface area (TPSA) is 25.8 Å². The van der Waals surface area contributed by atoms with Crippen LogP contribution in [-0.4, -0.2) is 9.97 Å². The first-order valence-corrected chi connectivity index (χ1v) is 14.8. The maximum absolute atomic E-state index is 5.55. The Morgan fingerprint density at radius 2 is 0.907 bits per heavy atom. The summed E-state index contributed by atoms with van der Waals surface area (Å²) >= 11 is 0. The van der Waals surface area contributed by atoms with Gasteiger partial charge < -0.3 is 0 Å². The summed E-state index contributed by atoms with van der Waals surface area (Å²) in [5, 5.41) is 0. The highest BCUT2D eigenvalue weighted by Crippen LogP contribution is 2.63. The second-order valence-electron chi connectivity index (χ2n) is 11.3. The average Bonchev–Trinajstić information content (AvgIpc) is 3.56. The van der Waals surface area contributed by atoms with E-state index in [4.69, 9.17) is 9.97 Å². The lowest BCUT2D eigenvalue weighted by molar-refractivity contribution is 0.758. The normalized spacial score (nSPS) is 15.5. The van der Waals surface area contributed by atoms with Crippen LogP contribution in [-0.2, 0) is 5.41 Å². The van der Waals surface area contributed by atoms with E-state index in [2.05, 4.69) is 152 Å². The minimum absolute atomic E-state index is 0.571. The predicted octanol–water partition coefficient (Wildman–Crippen LogP) is 9.82. The van der Waals surface area contributed by atoms with Crippen LogP contribution in [0.1, 0.15) is 22.4 Å². The summed E-state index contributed by atoms with van der Waals surface area (Å²) in [7, 11) is 0. The number of nitrogens with zero attached hydrogens (tertiary/aromatic N) is 2. The molecule has 9 rings (SSSR count). The van der Waals surface area contributed by atoms with E-state index in [1.54, 1.807) is 0 Å². The molecule has 0 aliphatic heterocycles. The second kappa shape index (κ2) is 9.20. The van der Waals surface area contributed by atoms with Gasteiger partial charge in [-0.3, -0.25) is 0 Å². The molecule has 43 heavy (non-hydrogen) atoms. The predicted molar refractivity (Wildman–Crippen MR) is 175 cm³/mol. The van der Waals surface area contributed by atoms with Gasteiger partial charge in [0.1, 0.15) is 0 Å². The maximum Gasteiger partial charge on any atom is 0.160 e. The van der Waals surface area contributed by atoms with Crippen molar-refractivity contribution < 1.29 is 0 Å². The molecular weight excluding hydrogens is 520 g/mol. The Bertz CT molecular complexity index is 2170. The first-order valence-electron chi connectivity index (χ1n) is 14.8. The van der Waals surface area contributed by atoms with Crippen LogP contribution in [0, 0.1) is 0 Å². The van der Waals surface area contributed by atoms with Crippen molar-refractivity contribution in [3.63, 3.8) is 0 Å². The number of benzene rings is 6. The molecule has 0 amide bonds. The summed E-state index contributed by atoms with van der Waals surface area (Å²) in [5.74, 6) is 0.746. The zero-order valence-electron chi connectivity index (χ0n) is 23.4. The zero-order chi connectivity index (χ0) is 28.4. The SMILES string of the molecule is c1ccc(-c2ccc3c(c2)C2(c4ccccc4-3)c3ccccc3-c3c(-c4ccccc4)nc(-c4ccccc4)nc32)cc1. The Morgan fingerprint density at radius 3 is 1.60 bits per heavy atom. The Kier molecular flexibility index (Phi) is 5.15. The molecular formula is C41H26N2. The van der Waals surface area contributed by atoms with Crippen LogP contribution < -0.4 is 0 Å². The molecule has 1 spiro atoms. The molecule has 0 radical (unpaired) electrons. The molecule has 2 aliphatic carbocycles. The number of rotatable bonds is 3. The van der Waals surface area contributed by atoms with Crippen molar-refractivity contribution in [2.75, 3.05) is 0 Å². The van der Waals surface area contributed by atoms with Crippen molar-refractivity contribution in [2.24, 2.45) is 0 Å². The van der Waals surface area contributed by atoms with Gasteiger partial charge >= 0.3 is 0 Å². The van der Waals surface area contributed by atoms with Crippen LogP contribution >= 0.6 is 0 Å². The van der Waals surface area contributed by atoms with E-state index in [0.29, 0.717) is 0 Å². The molecule has 200 valence electrons. The van der Waals surface area contributed by atoms with Gasteiger partial charge in [0, 0.05) is 16.7 Å². The van der Waals surface area contributed by atoms with Crippen LogP contribution in [0.15, 0.2) is 158 Å². The molecule has 7 aromatic rings. The van der Waals surface area contributed by atoms with Crippen molar-refractivity contribution in [3.8, 4) is 56.0 Å². The number of fused-ring (bicyclic) bond motifs is 10. The molecule has 1 atom stereocenters. The minimum Gasteiger partial charge on any atom is -0.231 e. The largest absolute Gasteiger partial charge is 0.231 e. The third-order valence-electron chi connectivity index (χ3n) is 9.10. The van der Waals surface area contributed by atoms with E-state index in [9.17, 15) is 0 Å². The third kappa shape index (κ3) is 3.35. The van der Waals surface area contributed by atoms with Gasteiger partial charge in [0.15, 0.2) is 5.82 Å². The maximum atomic E-state index is 5.55. The van der Waals surface area contributed by atoms with E-state index in [-0.39, 0.29) is 0 Å². The molecule has 2 heteroatoms. The molecule has 0 N–H and O–H groups in total. The van der Waals surface area contributed by atoms with Crippen molar-refractivity contribution in [1.29, 1.82) is 0 Å². The molecule has 0 saturated heterocycles. The van der Waals surface area contributed by atoms with Gasteiger partial charge in [-0.15, -0.1) is 0 Å². The fraction of sp³-hybridized carbons (Fsp3) is 0.0244. The van der Waals surface area contributed by atoms with Gasteiger partial charge in [0.25, 0.3) is 0 Å². The summed E-state index contributed by atoms with van der Waals surface area (Å²) in [4.78, 5) is 10.9. The monoisotopic (exact) mass is 546 g/mol. The van der Waals surface area contributed by atoms with Gasteiger partial charge in [-0.1, -0.05) is 152 Å². The van der Waals surface area contributed by atoms with Crippen molar-refractivity contribution in [2.45, 2.75) is 5.41 Å². The van der Waals surface area contributed by atoms with E-state index in [1.807, 2.05) is 6.07 Å². The van der Waals surface area contributed by atoms with Crippen molar-refractivity contribution >= 4 is 0 Å². The van der Waals surface area contributed by atoms with Crippen LogP contribution in [0.25, 0.3) is 56.0 Å². The van der Waals surface area contributed by atoms with Crippen LogP contribution in [0.4, 0.5) is 0 Å². The third-order valence-corrected chi connectivity index (χ3v) is 9.10. The van der Waals surface area contributed by atoms with Crippen molar-refractivity contribution in [3.05, 3.63) is 180 Å². The van der Waals surface area contributed by atoms with E-state index in [0.717, 1.165) is 33.9 Å². The average molecular weight is 547 g/mol. The van der Waals surface area contributed by atoms with Gasteiger partial charge in [-0.2, -0.15) is 0 Å². The molecule has 1 aromatic heterocycles. The second-order valence-corrected chi connectivity index (χ2v) is 11.3. The molecule has 1 unspecified atom stereocenters. The Morgan fingerprint density at radius 1 is 0.372 bits per heavy atom. The lowest BCUT2D eigenvalue weighted by Gasteiger charge is -2.30. The highest BCUT2D eigenvalue weighted by atomic mass is 14.9. The van der Waals surface area contributed by atoms with Crippen LogP contribution in [0.3, 0.4) is 0 Å². The van der Waals surface area contributed by atoms with Gasteiger partial charge in [0.05, 0.1) is 16.8 Å². The standard InChI is InChI=1S/C41H26N2/c1-4-14-27(15-5-1)30-24-25-32-31-20-10-12-22-34(31)41(36(32)26-30)35-23-13-11-21-33(35)37-38(28-16-6-2-7-17-28)42-40(43-39(37)41)29-18-8-3-9-19-29/h1-26H. The summed E-state index contributed by atoms with van der Waals surface area (Å²) in [6.07, 6.45) is 0. The van der Waals surface area contributed by atoms with Gasteiger partial charge in [0.2, 0.25) is 0 Å². The summed E-state index contributed by atoms with van der Waals surface area (Å²) in [5.41, 5.74) is 14.6. The van der Waals surface area contributed by atoms with Crippen LogP contribution in [0.2, 0.25) is 0 Å². The smallest absolute Gasteiger partial charge is 0.160 e. The fourth-order valence-corrected chi connectivity index (χ4v) is 7.30. The quantitative estimate of drug-likeness (QED) is 0.220. The Hall–Kier alpha value is -5.60. The van der Waals surface area contributed by atoms with Gasteiger partial charge in [-0.05, 0) is 50.6 Å². The van der Waals surface area contributed by atoms with E-state index >= 15 is 0 Å². The molecule has 0 bridgehead atoms. The van der Waals surface area contributed by atoms with Crippen molar-refractivity contribution in [1.82, 2.24) is 9.97 Å². The number of hydrogen-bond acceptors (Lipinski definition) is 2. The first kappa shape index (κ1) is 24.0. The number of hydrogen-bond donors (Lipinski definition) is 0. The fourth-order valence-electron chi connectivity index (χ4n) is 7.30.